The monoisotopic (exact) mass is 284 g/mol. The van der Waals surface area contributed by atoms with Gasteiger partial charge in [0.25, 0.3) is 5.91 Å². The van der Waals surface area contributed by atoms with E-state index >= 15 is 0 Å². The van der Waals surface area contributed by atoms with Gasteiger partial charge in [0.15, 0.2) is 5.69 Å². The van der Waals surface area contributed by atoms with Gasteiger partial charge in [-0.15, -0.1) is 0 Å². The predicted octanol–water partition coefficient (Wildman–Crippen LogP) is 2.47. The zero-order chi connectivity index (χ0) is 14.8. The number of nitrogen functional groups attached to an aromatic ring is 1. The van der Waals surface area contributed by atoms with Gasteiger partial charge < -0.3 is 10.6 Å². The molecule has 1 heterocycles. The van der Waals surface area contributed by atoms with Crippen LogP contribution in [0.25, 0.3) is 5.69 Å². The molecule has 3 rings (SSSR count). The van der Waals surface area contributed by atoms with Crippen LogP contribution in [-0.2, 0) is 0 Å². The Bertz CT molecular complexity index is 643. The van der Waals surface area contributed by atoms with Crippen molar-refractivity contribution in [2.24, 2.45) is 0 Å². The first-order valence-electron chi connectivity index (χ1n) is 7.34. The number of amides is 1. The quantitative estimate of drug-likeness (QED) is 0.881. The molecular formula is C16H20N4O. The summed E-state index contributed by atoms with van der Waals surface area (Å²) in [5.41, 5.74) is 7.84. The van der Waals surface area contributed by atoms with Crippen LogP contribution in [0.1, 0.15) is 36.2 Å². The van der Waals surface area contributed by atoms with E-state index in [9.17, 15) is 4.79 Å². The Balaban J connectivity index is 1.81. The Labute approximate surface area is 124 Å². The third-order valence-corrected chi connectivity index (χ3v) is 4.18. The van der Waals surface area contributed by atoms with Crippen LogP contribution in [0.4, 0.5) is 5.69 Å². The molecule has 2 aromatic rings. The number of nitrogens with two attached hydrogens (primary N) is 1. The normalized spacial score (nSPS) is 15.3. The van der Waals surface area contributed by atoms with Crippen LogP contribution in [0, 0.1) is 0 Å². The Morgan fingerprint density at radius 2 is 2.00 bits per heavy atom. The van der Waals surface area contributed by atoms with Gasteiger partial charge in [-0.2, -0.15) is 5.10 Å². The third-order valence-electron chi connectivity index (χ3n) is 4.18. The molecule has 0 aliphatic heterocycles. The topological polar surface area (TPSA) is 64.2 Å². The van der Waals surface area contributed by atoms with Crippen molar-refractivity contribution in [3.8, 4) is 5.69 Å². The molecule has 1 fully saturated rings. The summed E-state index contributed by atoms with van der Waals surface area (Å²) in [4.78, 5) is 14.3. The third kappa shape index (κ3) is 2.63. The molecule has 0 atom stereocenters. The average Bonchev–Trinajstić information content (AvgIpc) is 3.17. The highest BCUT2D eigenvalue weighted by atomic mass is 16.2. The molecule has 5 nitrogen and oxygen atoms in total. The number of benzene rings is 1. The van der Waals surface area contributed by atoms with Crippen LogP contribution in [-0.4, -0.2) is 33.7 Å². The van der Waals surface area contributed by atoms with Crippen LogP contribution in [0.2, 0.25) is 0 Å². The number of carbonyl (C=O) groups excluding carboxylic acids is 1. The van der Waals surface area contributed by atoms with Crippen molar-refractivity contribution in [2.75, 3.05) is 12.8 Å². The lowest BCUT2D eigenvalue weighted by atomic mass is 10.2. The van der Waals surface area contributed by atoms with Gasteiger partial charge in [0, 0.05) is 19.3 Å². The van der Waals surface area contributed by atoms with E-state index in [0.717, 1.165) is 18.5 Å². The lowest BCUT2D eigenvalue weighted by Gasteiger charge is -2.23. The summed E-state index contributed by atoms with van der Waals surface area (Å²) in [5.74, 6) is -0.0184. The number of para-hydroxylation sites is 2. The first-order chi connectivity index (χ1) is 10.2. The maximum Gasteiger partial charge on any atom is 0.274 e. The van der Waals surface area contributed by atoms with Crippen molar-refractivity contribution in [3.63, 3.8) is 0 Å². The highest BCUT2D eigenvalue weighted by Gasteiger charge is 2.25. The lowest BCUT2D eigenvalue weighted by molar-refractivity contribution is 0.0728. The summed E-state index contributed by atoms with van der Waals surface area (Å²) in [6.45, 7) is 0. The van der Waals surface area contributed by atoms with Crippen LogP contribution in [0.5, 0.6) is 0 Å². The molecule has 0 spiro atoms. The van der Waals surface area contributed by atoms with E-state index in [1.165, 1.54) is 12.8 Å². The molecule has 0 unspecified atom stereocenters. The molecule has 5 heteroatoms. The molecule has 0 saturated heterocycles. The van der Waals surface area contributed by atoms with Crippen LogP contribution in [0.15, 0.2) is 36.5 Å². The summed E-state index contributed by atoms with van der Waals surface area (Å²) in [7, 11) is 1.87. The fourth-order valence-corrected chi connectivity index (χ4v) is 2.91. The maximum atomic E-state index is 12.5. The minimum Gasteiger partial charge on any atom is -0.397 e. The van der Waals surface area contributed by atoms with E-state index < -0.39 is 0 Å². The predicted molar refractivity (Wildman–Crippen MR) is 82.3 cm³/mol. The number of rotatable bonds is 3. The van der Waals surface area contributed by atoms with Gasteiger partial charge in [-0.1, -0.05) is 25.0 Å². The molecule has 1 aliphatic rings. The van der Waals surface area contributed by atoms with Gasteiger partial charge >= 0.3 is 0 Å². The Hall–Kier alpha value is -2.30. The molecule has 1 aliphatic carbocycles. The molecule has 1 saturated carbocycles. The Kier molecular flexibility index (Phi) is 3.64. The van der Waals surface area contributed by atoms with Gasteiger partial charge in [-0.25, -0.2) is 4.68 Å². The first kappa shape index (κ1) is 13.7. The van der Waals surface area contributed by atoms with Crippen LogP contribution < -0.4 is 5.73 Å². The van der Waals surface area contributed by atoms with Crippen LogP contribution >= 0.6 is 0 Å². The van der Waals surface area contributed by atoms with Crippen molar-refractivity contribution in [2.45, 2.75) is 31.7 Å². The van der Waals surface area contributed by atoms with Crippen molar-refractivity contribution in [1.82, 2.24) is 14.7 Å². The van der Waals surface area contributed by atoms with Crippen molar-refractivity contribution < 1.29 is 4.79 Å². The van der Waals surface area contributed by atoms with Gasteiger partial charge in [0.05, 0.1) is 11.4 Å². The van der Waals surface area contributed by atoms with E-state index in [2.05, 4.69) is 5.10 Å². The molecule has 2 N–H and O–H groups in total. The smallest absolute Gasteiger partial charge is 0.274 e. The Morgan fingerprint density at radius 3 is 2.71 bits per heavy atom. The molecule has 110 valence electrons. The fraction of sp³-hybridized carbons (Fsp3) is 0.375. The van der Waals surface area contributed by atoms with E-state index in [0.29, 0.717) is 17.4 Å². The van der Waals surface area contributed by atoms with Gasteiger partial charge in [-0.3, -0.25) is 4.79 Å². The highest BCUT2D eigenvalue weighted by molar-refractivity contribution is 5.92. The summed E-state index contributed by atoms with van der Waals surface area (Å²) < 4.78 is 1.66. The average molecular weight is 284 g/mol. The second-order valence-electron chi connectivity index (χ2n) is 5.56. The second kappa shape index (κ2) is 5.60. The molecule has 1 aromatic carbocycles. The zero-order valence-electron chi connectivity index (χ0n) is 12.2. The number of nitrogens with zero attached hydrogens (tertiary/aromatic N) is 3. The van der Waals surface area contributed by atoms with Gasteiger partial charge in [0.2, 0.25) is 0 Å². The highest BCUT2D eigenvalue weighted by Crippen LogP contribution is 2.23. The number of anilines is 1. The molecule has 1 amide bonds. The van der Waals surface area contributed by atoms with E-state index in [4.69, 9.17) is 5.73 Å². The SMILES string of the molecule is CN(C(=O)c1ccn(-c2ccccc2N)n1)C1CCCC1. The van der Waals surface area contributed by atoms with Crippen LogP contribution in [0.3, 0.4) is 0 Å². The number of hydrogen-bond acceptors (Lipinski definition) is 3. The summed E-state index contributed by atoms with van der Waals surface area (Å²) in [6, 6.07) is 9.59. The second-order valence-corrected chi connectivity index (χ2v) is 5.56. The number of carbonyl (C=O) groups is 1. The summed E-state index contributed by atoms with van der Waals surface area (Å²) in [5, 5.41) is 4.38. The van der Waals surface area contributed by atoms with Gasteiger partial charge in [-0.05, 0) is 31.0 Å². The number of aromatic nitrogens is 2. The standard InChI is InChI=1S/C16H20N4O/c1-19(12-6-2-3-7-12)16(21)14-10-11-20(18-14)15-9-5-4-8-13(15)17/h4-5,8-12H,2-3,6-7,17H2,1H3. The van der Waals surface area contributed by atoms with Crippen molar-refractivity contribution >= 4 is 11.6 Å². The maximum absolute atomic E-state index is 12.5. The minimum atomic E-state index is -0.0184. The van der Waals surface area contributed by atoms with Gasteiger partial charge in [0.1, 0.15) is 0 Å². The fourth-order valence-electron chi connectivity index (χ4n) is 2.91. The minimum absolute atomic E-state index is 0.0184. The number of hydrogen-bond donors (Lipinski definition) is 1. The molecule has 1 aromatic heterocycles. The Morgan fingerprint density at radius 1 is 1.29 bits per heavy atom. The largest absolute Gasteiger partial charge is 0.397 e. The van der Waals surface area contributed by atoms with E-state index in [-0.39, 0.29) is 5.91 Å². The molecular weight excluding hydrogens is 264 g/mol. The summed E-state index contributed by atoms with van der Waals surface area (Å²) >= 11 is 0. The van der Waals surface area contributed by atoms with E-state index in [1.54, 1.807) is 16.9 Å². The molecule has 0 radical (unpaired) electrons. The van der Waals surface area contributed by atoms with Crippen molar-refractivity contribution in [3.05, 3.63) is 42.2 Å². The molecule has 21 heavy (non-hydrogen) atoms. The van der Waals surface area contributed by atoms with E-state index in [1.807, 2.05) is 36.2 Å². The summed E-state index contributed by atoms with van der Waals surface area (Å²) in [6.07, 6.45) is 6.37. The first-order valence-corrected chi connectivity index (χ1v) is 7.34. The zero-order valence-corrected chi connectivity index (χ0v) is 12.2. The lowest BCUT2D eigenvalue weighted by Crippen LogP contribution is -2.35. The van der Waals surface area contributed by atoms with Crippen molar-refractivity contribution in [1.29, 1.82) is 0 Å². The molecule has 0 bridgehead atoms.